The van der Waals surface area contributed by atoms with Crippen molar-refractivity contribution in [1.82, 2.24) is 14.5 Å². The van der Waals surface area contributed by atoms with Crippen molar-refractivity contribution in [2.24, 2.45) is 0 Å². The topological polar surface area (TPSA) is 30.7 Å². The third kappa shape index (κ3) is 1.20. The zero-order valence-corrected chi connectivity index (χ0v) is 7.99. The number of rotatable bonds is 2. The highest BCUT2D eigenvalue weighted by atomic mass is 15.1. The van der Waals surface area contributed by atoms with Crippen molar-refractivity contribution < 1.29 is 0 Å². The van der Waals surface area contributed by atoms with Crippen molar-refractivity contribution in [2.75, 3.05) is 0 Å². The van der Waals surface area contributed by atoms with E-state index in [1.165, 1.54) is 0 Å². The normalized spacial score (nSPS) is 10.9. The third-order valence-corrected chi connectivity index (χ3v) is 2.26. The number of aryl methyl sites for hydroxylation is 2. The smallest absolute Gasteiger partial charge is 0.109 e. The van der Waals surface area contributed by atoms with Gasteiger partial charge in [-0.05, 0) is 13.0 Å². The zero-order valence-electron chi connectivity index (χ0n) is 7.99. The lowest BCUT2D eigenvalue weighted by atomic mass is 10.4. The molecule has 0 spiro atoms. The second kappa shape index (κ2) is 3.17. The predicted octanol–water partition coefficient (Wildman–Crippen LogP) is 2.01. The number of aromatic nitrogens is 3. The fourth-order valence-electron chi connectivity index (χ4n) is 1.64. The minimum absolute atomic E-state index is 0.964. The van der Waals surface area contributed by atoms with Crippen LogP contribution in [0.25, 0.3) is 11.0 Å². The van der Waals surface area contributed by atoms with Crippen molar-refractivity contribution in [3.05, 3.63) is 24.3 Å². The number of hydrogen-bond donors (Lipinski definition) is 0. The van der Waals surface area contributed by atoms with Crippen LogP contribution in [0.2, 0.25) is 0 Å². The summed E-state index contributed by atoms with van der Waals surface area (Å²) < 4.78 is 2.21. The molecule has 0 atom stereocenters. The summed E-state index contributed by atoms with van der Waals surface area (Å²) in [5.41, 5.74) is 2.19. The Morgan fingerprint density at radius 2 is 2.23 bits per heavy atom. The number of hydrogen-bond acceptors (Lipinski definition) is 2. The molecule has 2 heterocycles. The second-order valence-electron chi connectivity index (χ2n) is 2.99. The number of imidazole rings is 1. The standard InChI is InChI=1S/C10H13N3/c1-3-10-12-8-5-6-11-7-9(8)13(10)4-2/h5-7H,3-4H2,1-2H3. The molecule has 0 saturated carbocycles. The third-order valence-electron chi connectivity index (χ3n) is 2.26. The Balaban J connectivity index is 2.73. The predicted molar refractivity (Wildman–Crippen MR) is 52.6 cm³/mol. The van der Waals surface area contributed by atoms with Crippen molar-refractivity contribution in [3.63, 3.8) is 0 Å². The van der Waals surface area contributed by atoms with Gasteiger partial charge in [0.15, 0.2) is 0 Å². The minimum Gasteiger partial charge on any atom is -0.327 e. The fraction of sp³-hybridized carbons (Fsp3) is 0.400. The minimum atomic E-state index is 0.964. The summed E-state index contributed by atoms with van der Waals surface area (Å²) in [5, 5.41) is 0. The van der Waals surface area contributed by atoms with Gasteiger partial charge < -0.3 is 4.57 Å². The van der Waals surface area contributed by atoms with Gasteiger partial charge in [0.1, 0.15) is 5.82 Å². The van der Waals surface area contributed by atoms with E-state index in [4.69, 9.17) is 0 Å². The van der Waals surface area contributed by atoms with Gasteiger partial charge in [0.05, 0.1) is 17.2 Å². The molecule has 0 aliphatic carbocycles. The van der Waals surface area contributed by atoms with E-state index in [0.29, 0.717) is 0 Å². The van der Waals surface area contributed by atoms with E-state index in [0.717, 1.165) is 29.8 Å². The lowest BCUT2D eigenvalue weighted by Gasteiger charge is -2.02. The van der Waals surface area contributed by atoms with E-state index >= 15 is 0 Å². The van der Waals surface area contributed by atoms with E-state index < -0.39 is 0 Å². The molecule has 0 aliphatic heterocycles. The summed E-state index contributed by atoms with van der Waals surface area (Å²) in [7, 11) is 0. The molecule has 13 heavy (non-hydrogen) atoms. The number of nitrogens with zero attached hydrogens (tertiary/aromatic N) is 3. The lowest BCUT2D eigenvalue weighted by Crippen LogP contribution is -1.99. The first-order chi connectivity index (χ1) is 6.36. The van der Waals surface area contributed by atoms with Crippen LogP contribution in [0.3, 0.4) is 0 Å². The van der Waals surface area contributed by atoms with Crippen LogP contribution in [0, 0.1) is 0 Å². The van der Waals surface area contributed by atoms with E-state index in [-0.39, 0.29) is 0 Å². The number of pyridine rings is 1. The van der Waals surface area contributed by atoms with Gasteiger partial charge in [-0.25, -0.2) is 4.98 Å². The molecule has 2 rings (SSSR count). The molecule has 3 heteroatoms. The van der Waals surface area contributed by atoms with Crippen LogP contribution in [0.1, 0.15) is 19.7 Å². The molecule has 0 aliphatic rings. The van der Waals surface area contributed by atoms with Gasteiger partial charge in [-0.1, -0.05) is 6.92 Å². The zero-order chi connectivity index (χ0) is 9.26. The number of fused-ring (bicyclic) bond motifs is 1. The molecule has 3 nitrogen and oxygen atoms in total. The first-order valence-electron chi connectivity index (χ1n) is 4.66. The van der Waals surface area contributed by atoms with Crippen LogP contribution in [0.5, 0.6) is 0 Å². The van der Waals surface area contributed by atoms with Gasteiger partial charge in [0.25, 0.3) is 0 Å². The van der Waals surface area contributed by atoms with Gasteiger partial charge in [-0.3, -0.25) is 4.98 Å². The molecule has 2 aromatic heterocycles. The Kier molecular flexibility index (Phi) is 2.00. The highest BCUT2D eigenvalue weighted by Crippen LogP contribution is 2.14. The Bertz CT molecular complexity index is 417. The van der Waals surface area contributed by atoms with E-state index in [9.17, 15) is 0 Å². The molecule has 2 aromatic rings. The Labute approximate surface area is 77.4 Å². The summed E-state index contributed by atoms with van der Waals surface area (Å²) in [6.07, 6.45) is 4.64. The summed E-state index contributed by atoms with van der Waals surface area (Å²) >= 11 is 0. The van der Waals surface area contributed by atoms with Crippen LogP contribution in [-0.2, 0) is 13.0 Å². The van der Waals surface area contributed by atoms with Crippen molar-refractivity contribution >= 4 is 11.0 Å². The Morgan fingerprint density at radius 3 is 2.92 bits per heavy atom. The van der Waals surface area contributed by atoms with Crippen LogP contribution < -0.4 is 0 Å². The maximum Gasteiger partial charge on any atom is 0.109 e. The van der Waals surface area contributed by atoms with Crippen LogP contribution in [0.4, 0.5) is 0 Å². The van der Waals surface area contributed by atoms with Crippen LogP contribution in [0.15, 0.2) is 18.5 Å². The van der Waals surface area contributed by atoms with Gasteiger partial charge in [-0.15, -0.1) is 0 Å². The summed E-state index contributed by atoms with van der Waals surface area (Å²) in [4.78, 5) is 8.63. The lowest BCUT2D eigenvalue weighted by molar-refractivity contribution is 0.725. The maximum absolute atomic E-state index is 4.52. The SMILES string of the molecule is CCc1nc2ccncc2n1CC. The Morgan fingerprint density at radius 1 is 1.38 bits per heavy atom. The molecule has 0 unspecified atom stereocenters. The average Bonchev–Trinajstić information content (AvgIpc) is 2.55. The van der Waals surface area contributed by atoms with Gasteiger partial charge >= 0.3 is 0 Å². The van der Waals surface area contributed by atoms with Gasteiger partial charge in [0.2, 0.25) is 0 Å². The summed E-state index contributed by atoms with van der Waals surface area (Å²) in [6.45, 7) is 5.22. The van der Waals surface area contributed by atoms with E-state index in [1.54, 1.807) is 6.20 Å². The molecule has 68 valence electrons. The second-order valence-corrected chi connectivity index (χ2v) is 2.99. The first kappa shape index (κ1) is 8.23. The molecule has 0 saturated heterocycles. The molecule has 0 fully saturated rings. The van der Waals surface area contributed by atoms with E-state index in [1.807, 2.05) is 12.3 Å². The Hall–Kier alpha value is -1.38. The molecule has 0 radical (unpaired) electrons. The average molecular weight is 175 g/mol. The molecule has 0 aromatic carbocycles. The van der Waals surface area contributed by atoms with Gasteiger partial charge in [-0.2, -0.15) is 0 Å². The molecular weight excluding hydrogens is 162 g/mol. The van der Waals surface area contributed by atoms with Crippen LogP contribution in [-0.4, -0.2) is 14.5 Å². The van der Waals surface area contributed by atoms with Crippen molar-refractivity contribution in [3.8, 4) is 0 Å². The maximum atomic E-state index is 4.52. The molecule has 0 bridgehead atoms. The molecule has 0 amide bonds. The largest absolute Gasteiger partial charge is 0.327 e. The van der Waals surface area contributed by atoms with E-state index in [2.05, 4.69) is 28.4 Å². The molecular formula is C10H13N3. The van der Waals surface area contributed by atoms with Crippen LogP contribution >= 0.6 is 0 Å². The monoisotopic (exact) mass is 175 g/mol. The highest BCUT2D eigenvalue weighted by molar-refractivity contribution is 5.74. The quantitative estimate of drug-likeness (QED) is 0.699. The van der Waals surface area contributed by atoms with Crippen molar-refractivity contribution in [2.45, 2.75) is 26.8 Å². The summed E-state index contributed by atoms with van der Waals surface area (Å²) in [6, 6.07) is 1.96. The van der Waals surface area contributed by atoms with Crippen molar-refractivity contribution in [1.29, 1.82) is 0 Å². The highest BCUT2D eigenvalue weighted by Gasteiger charge is 2.06. The summed E-state index contributed by atoms with van der Waals surface area (Å²) in [5.74, 6) is 1.14. The first-order valence-corrected chi connectivity index (χ1v) is 4.66. The van der Waals surface area contributed by atoms with Gasteiger partial charge in [0, 0.05) is 19.2 Å². The fourth-order valence-corrected chi connectivity index (χ4v) is 1.64. The molecule has 0 N–H and O–H groups in total.